The fourth-order valence-electron chi connectivity index (χ4n) is 2.67. The predicted octanol–water partition coefficient (Wildman–Crippen LogP) is 4.59. The van der Waals surface area contributed by atoms with Gasteiger partial charge in [0.25, 0.3) is 0 Å². The van der Waals surface area contributed by atoms with Gasteiger partial charge >= 0.3 is 11.9 Å². The van der Waals surface area contributed by atoms with Crippen LogP contribution >= 0.6 is 0 Å². The number of ether oxygens (including phenoxy) is 1. The van der Waals surface area contributed by atoms with E-state index in [1.165, 1.54) is 5.57 Å². The van der Waals surface area contributed by atoms with Crippen LogP contribution in [0, 0.1) is 5.92 Å². The minimum absolute atomic E-state index is 0.0864. The molecule has 0 fully saturated rings. The number of hydrogen-bond acceptors (Lipinski definition) is 3. The van der Waals surface area contributed by atoms with Crippen molar-refractivity contribution in [2.24, 2.45) is 5.92 Å². The molecule has 0 amide bonds. The van der Waals surface area contributed by atoms with Crippen molar-refractivity contribution in [3.05, 3.63) is 47.1 Å². The Balaban J connectivity index is 3.18. The number of carbonyl (C=O) groups is 2. The van der Waals surface area contributed by atoms with Crippen molar-refractivity contribution in [2.45, 2.75) is 59.5 Å². The van der Waals surface area contributed by atoms with Crippen LogP contribution in [0.25, 0.3) is 0 Å². The zero-order valence-corrected chi connectivity index (χ0v) is 15.1. The van der Waals surface area contributed by atoms with E-state index in [4.69, 9.17) is 4.74 Å². The third kappa shape index (κ3) is 5.84. The first kappa shape index (κ1) is 19.9. The Morgan fingerprint density at radius 3 is 2.54 bits per heavy atom. The van der Waals surface area contributed by atoms with Gasteiger partial charge in [-0.25, -0.2) is 9.59 Å². The van der Waals surface area contributed by atoms with Crippen LogP contribution < -0.4 is 0 Å². The highest BCUT2D eigenvalue weighted by atomic mass is 16.5. The van der Waals surface area contributed by atoms with Crippen molar-refractivity contribution in [3.63, 3.8) is 0 Å². The smallest absolute Gasteiger partial charge is 0.333 e. The highest BCUT2D eigenvalue weighted by Gasteiger charge is 2.30. The second-order valence-electron chi connectivity index (χ2n) is 6.43. The van der Waals surface area contributed by atoms with Gasteiger partial charge in [0.15, 0.2) is 0 Å². The molecule has 0 radical (unpaired) electrons. The summed E-state index contributed by atoms with van der Waals surface area (Å²) < 4.78 is 5.66. The zero-order valence-electron chi connectivity index (χ0n) is 15.1. The molecule has 1 aliphatic rings. The van der Waals surface area contributed by atoms with Crippen LogP contribution in [0.1, 0.15) is 53.4 Å². The van der Waals surface area contributed by atoms with E-state index in [1.54, 1.807) is 19.9 Å². The van der Waals surface area contributed by atoms with Gasteiger partial charge in [-0.3, -0.25) is 0 Å². The minimum atomic E-state index is -1.05. The van der Waals surface area contributed by atoms with Crippen molar-refractivity contribution in [1.29, 1.82) is 0 Å². The summed E-state index contributed by atoms with van der Waals surface area (Å²) in [5, 5.41) is 9.37. The van der Waals surface area contributed by atoms with E-state index in [0.717, 1.165) is 18.4 Å². The van der Waals surface area contributed by atoms with Gasteiger partial charge in [0.2, 0.25) is 0 Å². The normalized spacial score (nSPS) is 27.2. The first-order valence-corrected chi connectivity index (χ1v) is 8.33. The molecule has 2 atom stereocenters. The van der Waals surface area contributed by atoms with E-state index in [1.807, 2.05) is 19.9 Å². The summed E-state index contributed by atoms with van der Waals surface area (Å²) in [6, 6.07) is 0. The summed E-state index contributed by atoms with van der Waals surface area (Å²) >= 11 is 0. The second-order valence-corrected chi connectivity index (χ2v) is 6.43. The van der Waals surface area contributed by atoms with Crippen LogP contribution in [0.15, 0.2) is 47.1 Å². The van der Waals surface area contributed by atoms with E-state index < -0.39 is 24.0 Å². The van der Waals surface area contributed by atoms with E-state index in [-0.39, 0.29) is 5.57 Å². The molecule has 0 saturated carbocycles. The SMILES string of the molecule is C=C(C(=O)O)[C@H]1C/C=C(\C)CC/C=C(\C)C[C@H]1OC(=O)/C(C)=C/C. The van der Waals surface area contributed by atoms with Crippen LogP contribution in [0.4, 0.5) is 0 Å². The highest BCUT2D eigenvalue weighted by molar-refractivity contribution is 5.88. The number of aliphatic carboxylic acids is 1. The second kappa shape index (κ2) is 9.26. The molecule has 4 nitrogen and oxygen atoms in total. The van der Waals surface area contributed by atoms with Crippen LogP contribution in [0.3, 0.4) is 0 Å². The van der Waals surface area contributed by atoms with Gasteiger partial charge < -0.3 is 9.84 Å². The maximum Gasteiger partial charge on any atom is 0.333 e. The average Bonchev–Trinajstić information content (AvgIpc) is 2.53. The molecule has 0 heterocycles. The van der Waals surface area contributed by atoms with Gasteiger partial charge in [0, 0.05) is 23.5 Å². The van der Waals surface area contributed by atoms with Crippen LogP contribution in [0.5, 0.6) is 0 Å². The first-order chi connectivity index (χ1) is 11.3. The lowest BCUT2D eigenvalue weighted by molar-refractivity contribution is -0.147. The Bertz CT molecular complexity index is 593. The summed E-state index contributed by atoms with van der Waals surface area (Å²) in [6.45, 7) is 11.2. The van der Waals surface area contributed by atoms with Gasteiger partial charge in [-0.2, -0.15) is 0 Å². The zero-order chi connectivity index (χ0) is 18.3. The lowest BCUT2D eigenvalue weighted by atomic mass is 9.85. The lowest BCUT2D eigenvalue weighted by Gasteiger charge is -2.28. The van der Waals surface area contributed by atoms with Crippen molar-refractivity contribution in [3.8, 4) is 0 Å². The average molecular weight is 332 g/mol. The minimum Gasteiger partial charge on any atom is -0.478 e. The molecule has 0 bridgehead atoms. The van der Waals surface area contributed by atoms with Gasteiger partial charge in [0.05, 0.1) is 0 Å². The molecule has 132 valence electrons. The molecule has 4 heteroatoms. The van der Waals surface area contributed by atoms with E-state index in [9.17, 15) is 14.7 Å². The summed E-state index contributed by atoms with van der Waals surface area (Å²) in [5.74, 6) is -1.89. The monoisotopic (exact) mass is 332 g/mol. The number of rotatable bonds is 4. The summed E-state index contributed by atoms with van der Waals surface area (Å²) in [4.78, 5) is 23.6. The Labute approximate surface area is 144 Å². The van der Waals surface area contributed by atoms with E-state index in [0.29, 0.717) is 18.4 Å². The number of hydrogen-bond donors (Lipinski definition) is 1. The number of esters is 1. The van der Waals surface area contributed by atoms with Gasteiger partial charge in [-0.1, -0.05) is 36.0 Å². The fraction of sp³-hybridized carbons (Fsp3) is 0.500. The molecule has 1 N–H and O–H groups in total. The number of allylic oxidation sites excluding steroid dienone is 4. The molecule has 0 unspecified atom stereocenters. The number of carbonyl (C=O) groups excluding carboxylic acids is 1. The van der Waals surface area contributed by atoms with Gasteiger partial charge in [0.1, 0.15) is 6.10 Å². The summed E-state index contributed by atoms with van der Waals surface area (Å²) in [6.07, 6.45) is 8.25. The Hall–Kier alpha value is -2.10. The molecule has 0 spiro atoms. The van der Waals surface area contributed by atoms with E-state index in [2.05, 4.69) is 12.7 Å². The van der Waals surface area contributed by atoms with Gasteiger partial charge in [-0.15, -0.1) is 0 Å². The van der Waals surface area contributed by atoms with Gasteiger partial charge in [-0.05, 0) is 47.0 Å². The molecule has 1 aliphatic carbocycles. The fourth-order valence-corrected chi connectivity index (χ4v) is 2.67. The molecule has 0 aromatic carbocycles. The van der Waals surface area contributed by atoms with Crippen molar-refractivity contribution in [2.75, 3.05) is 0 Å². The topological polar surface area (TPSA) is 63.6 Å². The third-order valence-electron chi connectivity index (χ3n) is 4.46. The number of carboxylic acid groups (broad SMARTS) is 1. The summed E-state index contributed by atoms with van der Waals surface area (Å²) in [7, 11) is 0. The molecule has 24 heavy (non-hydrogen) atoms. The maximum atomic E-state index is 12.2. The molecule has 0 aliphatic heterocycles. The van der Waals surface area contributed by atoms with Crippen LogP contribution in [-0.4, -0.2) is 23.1 Å². The quantitative estimate of drug-likeness (QED) is 0.465. The Morgan fingerprint density at radius 1 is 1.29 bits per heavy atom. The van der Waals surface area contributed by atoms with Crippen LogP contribution in [0.2, 0.25) is 0 Å². The maximum absolute atomic E-state index is 12.2. The highest BCUT2D eigenvalue weighted by Crippen LogP contribution is 2.29. The number of carboxylic acids is 1. The largest absolute Gasteiger partial charge is 0.478 e. The third-order valence-corrected chi connectivity index (χ3v) is 4.46. The molecule has 0 aromatic heterocycles. The molecular formula is C20H28O4. The van der Waals surface area contributed by atoms with Crippen molar-refractivity contribution >= 4 is 11.9 Å². The molecule has 0 aromatic rings. The predicted molar refractivity (Wildman–Crippen MR) is 95.6 cm³/mol. The van der Waals surface area contributed by atoms with E-state index >= 15 is 0 Å². The lowest BCUT2D eigenvalue weighted by Crippen LogP contribution is -2.31. The standard InChI is InChI=1S/C20H28O4/c1-6-15(4)20(23)24-18-12-14(3)9-7-8-13(2)10-11-17(18)16(5)19(21)22/h6,9-10,17-18H,5,7-8,11-12H2,1-4H3,(H,21,22)/b13-10+,14-9+,15-6+/t17-,18-/m1/s1. The van der Waals surface area contributed by atoms with Crippen molar-refractivity contribution < 1.29 is 19.4 Å². The summed E-state index contributed by atoms with van der Waals surface area (Å²) in [5.41, 5.74) is 2.91. The Morgan fingerprint density at radius 2 is 1.96 bits per heavy atom. The van der Waals surface area contributed by atoms with Crippen molar-refractivity contribution in [1.82, 2.24) is 0 Å². The molecule has 0 saturated heterocycles. The molecular weight excluding hydrogens is 304 g/mol. The van der Waals surface area contributed by atoms with Crippen LogP contribution in [-0.2, 0) is 14.3 Å². The Kier molecular flexibility index (Phi) is 7.69. The first-order valence-electron chi connectivity index (χ1n) is 8.33. The molecule has 1 rings (SSSR count).